The van der Waals surface area contributed by atoms with Gasteiger partial charge in [-0.1, -0.05) is 45.9 Å². The molecule has 2 aliphatic rings. The highest BCUT2D eigenvalue weighted by molar-refractivity contribution is 7.48. The van der Waals surface area contributed by atoms with Crippen LogP contribution in [0.3, 0.4) is 0 Å². The van der Waals surface area contributed by atoms with Crippen molar-refractivity contribution in [1.29, 1.82) is 5.26 Å². The number of hydrogen-bond acceptors (Lipinski definition) is 18. The summed E-state index contributed by atoms with van der Waals surface area (Å²) in [5, 5.41) is 29.1. The largest absolute Gasteiger partial charge is 0.475 e. The maximum Gasteiger partial charge on any atom is 0.475 e. The fraction of sp³-hybridized carbons (Fsp3) is 0.472. The van der Waals surface area contributed by atoms with Crippen molar-refractivity contribution in [2.45, 2.75) is 70.9 Å². The summed E-state index contributed by atoms with van der Waals surface area (Å²) in [5.74, 6) is -2.77. The Hall–Kier alpha value is -5.31. The second-order valence-corrected chi connectivity index (χ2v) is 17.1. The molecule has 24 nitrogen and oxygen atoms in total. The zero-order valence-corrected chi connectivity index (χ0v) is 35.4. The van der Waals surface area contributed by atoms with Crippen molar-refractivity contribution in [3.8, 4) is 6.07 Å². The molecule has 62 heavy (non-hydrogen) atoms. The number of aromatic nitrogens is 8. The molecular weight excluding hydrogens is 856 g/mol. The standard InChI is InChI=1S/C36H43N11O13P2/c1-18(2)32(49)44-36-43-30-25(34(51)45-36)40-17-46(30)35-28(19(3)23(14-48)58-35)60-62(54,55-12-8-11-37)56-15-24-27(59-61(52)53)20(4)26(57-24)22-13-38-31-29(39-16-41-47(22)31)42-33(50)21-9-6-5-7-10-21/h5-7,9-10,13,16-20,23-24,26-28,35,48,61H,8,12,14-15H2,1-4H3,(H,52,53)(H,39,41,42,50)(H2,43,44,45,49,51). The van der Waals surface area contributed by atoms with Gasteiger partial charge >= 0.3 is 16.1 Å². The van der Waals surface area contributed by atoms with Gasteiger partial charge in [0, 0.05) is 23.3 Å². The van der Waals surface area contributed by atoms with Crippen molar-refractivity contribution in [1.82, 2.24) is 39.1 Å². The summed E-state index contributed by atoms with van der Waals surface area (Å²) in [6.07, 6.45) is -3.01. The number of carbonyl (C=O) groups is 2. The van der Waals surface area contributed by atoms with Crippen molar-refractivity contribution in [2.75, 3.05) is 30.5 Å². The minimum Gasteiger partial charge on any atom is -0.394 e. The first-order valence-corrected chi connectivity index (χ1v) is 22.0. The van der Waals surface area contributed by atoms with Gasteiger partial charge in [-0.2, -0.15) is 15.3 Å². The molecule has 0 bridgehead atoms. The van der Waals surface area contributed by atoms with Crippen LogP contribution in [-0.4, -0.2) is 105 Å². The molecule has 2 saturated heterocycles. The number of fused-ring (bicyclic) bond motifs is 2. The number of hydrogen-bond donors (Lipinski definition) is 5. The minimum absolute atomic E-state index is 0.0414. The van der Waals surface area contributed by atoms with Gasteiger partial charge in [0.2, 0.25) is 11.9 Å². The number of aliphatic hydroxyl groups excluding tert-OH is 1. The Bertz CT molecular complexity index is 2600. The summed E-state index contributed by atoms with van der Waals surface area (Å²) >= 11 is 0. The lowest BCUT2D eigenvalue weighted by Crippen LogP contribution is -2.32. The van der Waals surface area contributed by atoms with Gasteiger partial charge in [0.05, 0.1) is 56.6 Å². The SMILES string of the molecule is CC(C)C(=O)Nc1nc2c(ncn2C2OC(CO)C(C)C2OP(=O)(OCCC#N)OCC2OC(c3cnc4c(NC(=O)c5ccccc5)ncnn34)C(C)C2O[PH](=O)O)c(=O)[nH]1. The van der Waals surface area contributed by atoms with E-state index < -0.39 is 108 Å². The number of nitriles is 1. The monoisotopic (exact) mass is 899 g/mol. The van der Waals surface area contributed by atoms with Crippen LogP contribution in [-0.2, 0) is 41.5 Å². The summed E-state index contributed by atoms with van der Waals surface area (Å²) in [6.45, 7) is 5.13. The predicted octanol–water partition coefficient (Wildman–Crippen LogP) is 2.91. The van der Waals surface area contributed by atoms with Crippen LogP contribution in [0.5, 0.6) is 0 Å². The lowest BCUT2D eigenvalue weighted by atomic mass is 9.97. The van der Waals surface area contributed by atoms with Crippen molar-refractivity contribution in [3.05, 3.63) is 70.8 Å². The van der Waals surface area contributed by atoms with Crippen LogP contribution in [0.15, 0.2) is 54.0 Å². The van der Waals surface area contributed by atoms with E-state index in [1.54, 1.807) is 58.0 Å². The van der Waals surface area contributed by atoms with Crippen LogP contribution < -0.4 is 16.2 Å². The van der Waals surface area contributed by atoms with E-state index in [1.165, 1.54) is 27.9 Å². The summed E-state index contributed by atoms with van der Waals surface area (Å²) in [6, 6.07) is 10.4. The molecule has 10 atom stereocenters. The highest BCUT2D eigenvalue weighted by Crippen LogP contribution is 2.56. The molecule has 4 aromatic heterocycles. The highest BCUT2D eigenvalue weighted by atomic mass is 31.2. The van der Waals surface area contributed by atoms with Crippen molar-refractivity contribution in [2.24, 2.45) is 17.8 Å². The number of amides is 2. The number of ether oxygens (including phenoxy) is 2. The van der Waals surface area contributed by atoms with E-state index in [0.29, 0.717) is 11.3 Å². The van der Waals surface area contributed by atoms with E-state index in [2.05, 4.69) is 40.7 Å². The molecule has 5 N–H and O–H groups in total. The quantitative estimate of drug-likeness (QED) is 0.0661. The van der Waals surface area contributed by atoms with Crippen molar-refractivity contribution in [3.63, 3.8) is 0 Å². The second kappa shape index (κ2) is 19.0. The van der Waals surface area contributed by atoms with Crippen molar-refractivity contribution >= 4 is 56.5 Å². The van der Waals surface area contributed by atoms with E-state index in [9.17, 15) is 38.8 Å². The van der Waals surface area contributed by atoms with Gasteiger partial charge in [-0.05, 0) is 12.1 Å². The van der Waals surface area contributed by atoms with E-state index in [1.807, 2.05) is 6.07 Å². The lowest BCUT2D eigenvalue weighted by Gasteiger charge is -2.28. The second-order valence-electron chi connectivity index (χ2n) is 14.7. The number of H-pyrrole nitrogens is 1. The zero-order valence-electron chi connectivity index (χ0n) is 33.6. The Kier molecular flexibility index (Phi) is 13.7. The van der Waals surface area contributed by atoms with Gasteiger partial charge in [-0.25, -0.2) is 24.0 Å². The van der Waals surface area contributed by atoms with Crippen molar-refractivity contribution < 1.29 is 56.3 Å². The third-order valence-corrected chi connectivity index (χ3v) is 12.2. The molecule has 6 heterocycles. The number of imidazole rings is 2. The number of aliphatic hydroxyl groups is 1. The number of anilines is 2. The number of phosphoric acid groups is 1. The number of aromatic amines is 1. The van der Waals surface area contributed by atoms with Crippen LogP contribution in [0.1, 0.15) is 62.5 Å². The highest BCUT2D eigenvalue weighted by Gasteiger charge is 2.51. The molecule has 0 radical (unpaired) electrons. The number of nitrogens with zero attached hydrogens (tertiary/aromatic N) is 8. The molecule has 0 aliphatic carbocycles. The topological polar surface area (TPSA) is 319 Å². The molecule has 0 saturated carbocycles. The molecule has 2 amide bonds. The zero-order chi connectivity index (χ0) is 44.3. The maximum atomic E-state index is 14.6. The molecule has 0 spiro atoms. The molecule has 2 fully saturated rings. The predicted molar refractivity (Wildman–Crippen MR) is 214 cm³/mol. The number of nitrogens with one attached hydrogen (secondary N) is 3. The molecular formula is C36H43N11O13P2. The Balaban J connectivity index is 1.15. The van der Waals surface area contributed by atoms with Crippen LogP contribution >= 0.6 is 16.1 Å². The number of phosphoric ester groups is 1. The molecule has 2 aliphatic heterocycles. The van der Waals surface area contributed by atoms with Crippen LogP contribution in [0.25, 0.3) is 16.8 Å². The van der Waals surface area contributed by atoms with Crippen LogP contribution in [0.4, 0.5) is 11.8 Å². The van der Waals surface area contributed by atoms with E-state index in [0.717, 1.165) is 0 Å². The summed E-state index contributed by atoms with van der Waals surface area (Å²) in [4.78, 5) is 67.9. The first-order valence-electron chi connectivity index (χ1n) is 19.3. The molecule has 1 aromatic carbocycles. The summed E-state index contributed by atoms with van der Waals surface area (Å²) < 4.78 is 65.0. The normalized spacial score (nSPS) is 25.2. The maximum absolute atomic E-state index is 14.6. The first-order chi connectivity index (χ1) is 29.7. The Morgan fingerprint density at radius 1 is 1.06 bits per heavy atom. The average Bonchev–Trinajstić information content (AvgIpc) is 4.02. The first kappa shape index (κ1) is 44.7. The Morgan fingerprint density at radius 2 is 1.84 bits per heavy atom. The number of rotatable bonds is 17. The molecule has 7 rings (SSSR count). The Labute approximate surface area is 352 Å². The summed E-state index contributed by atoms with van der Waals surface area (Å²) in [7, 11) is -8.34. The molecule has 5 aromatic rings. The van der Waals surface area contributed by atoms with Gasteiger partial charge in [0.1, 0.15) is 30.7 Å². The average molecular weight is 900 g/mol. The van der Waals surface area contributed by atoms with E-state index in [-0.39, 0.29) is 35.0 Å². The number of benzene rings is 1. The van der Waals surface area contributed by atoms with Crippen LogP contribution in [0.2, 0.25) is 0 Å². The third-order valence-electron chi connectivity index (χ3n) is 10.3. The van der Waals surface area contributed by atoms with Gasteiger partial charge in [0.25, 0.3) is 11.5 Å². The molecule has 330 valence electrons. The van der Waals surface area contributed by atoms with Gasteiger partial charge in [0.15, 0.2) is 28.9 Å². The fourth-order valence-corrected chi connectivity index (χ4v) is 9.07. The number of carbonyl (C=O) groups excluding carboxylic acids is 2. The summed E-state index contributed by atoms with van der Waals surface area (Å²) in [5.41, 5.74) is 0.0625. The van der Waals surface area contributed by atoms with Gasteiger partial charge in [-0.15, -0.1) is 0 Å². The lowest BCUT2D eigenvalue weighted by molar-refractivity contribution is -0.118. The van der Waals surface area contributed by atoms with E-state index in [4.69, 9.17) is 27.6 Å². The van der Waals surface area contributed by atoms with E-state index >= 15 is 0 Å². The van der Waals surface area contributed by atoms with Gasteiger partial charge < -0.3 is 29.3 Å². The molecule has 26 heteroatoms. The van der Waals surface area contributed by atoms with Gasteiger partial charge in [-0.3, -0.25) is 47.4 Å². The smallest absolute Gasteiger partial charge is 0.394 e. The third kappa shape index (κ3) is 9.37. The minimum atomic E-state index is -4.76. The van der Waals surface area contributed by atoms with Crippen LogP contribution in [0, 0.1) is 29.1 Å². The Morgan fingerprint density at radius 3 is 2.55 bits per heavy atom. The fourth-order valence-electron chi connectivity index (χ4n) is 7.04. The molecule has 10 unspecified atom stereocenters.